The van der Waals surface area contributed by atoms with Gasteiger partial charge in [0.05, 0.1) is 0 Å². The van der Waals surface area contributed by atoms with Crippen LogP contribution in [-0.4, -0.2) is 11.7 Å². The maximum absolute atomic E-state index is 8.81. The fourth-order valence-corrected chi connectivity index (χ4v) is 1.32. The molecule has 0 fully saturated rings. The minimum atomic E-state index is 0.200. The van der Waals surface area contributed by atoms with Crippen molar-refractivity contribution >= 4 is 0 Å². The first-order valence-corrected chi connectivity index (χ1v) is 4.74. The van der Waals surface area contributed by atoms with Gasteiger partial charge in [0.1, 0.15) is 0 Å². The highest BCUT2D eigenvalue weighted by Gasteiger charge is 2.12. The van der Waals surface area contributed by atoms with Gasteiger partial charge < -0.3 is 5.11 Å². The molecule has 1 aromatic rings. The van der Waals surface area contributed by atoms with Gasteiger partial charge in [-0.05, 0) is 23.0 Å². The molecular formula is C12H18O. The molecule has 0 saturated carbocycles. The van der Waals surface area contributed by atoms with E-state index in [1.807, 2.05) is 0 Å². The SMILES string of the molecule is CC(C)(C)c1cccc(CCO)c1. The molecule has 1 rings (SSSR count). The highest BCUT2D eigenvalue weighted by Crippen LogP contribution is 2.22. The molecule has 0 unspecified atom stereocenters. The fourth-order valence-electron chi connectivity index (χ4n) is 1.32. The third kappa shape index (κ3) is 2.85. The second-order valence-electron chi connectivity index (χ2n) is 4.42. The molecule has 1 aromatic carbocycles. The third-order valence-electron chi connectivity index (χ3n) is 2.19. The highest BCUT2D eigenvalue weighted by molar-refractivity contribution is 5.28. The van der Waals surface area contributed by atoms with Gasteiger partial charge in [-0.1, -0.05) is 45.0 Å². The van der Waals surface area contributed by atoms with E-state index in [2.05, 4.69) is 45.0 Å². The topological polar surface area (TPSA) is 20.2 Å². The molecule has 0 amide bonds. The average molecular weight is 178 g/mol. The summed E-state index contributed by atoms with van der Waals surface area (Å²) in [6.45, 7) is 6.83. The van der Waals surface area contributed by atoms with Gasteiger partial charge in [-0.2, -0.15) is 0 Å². The normalized spacial score (nSPS) is 11.7. The van der Waals surface area contributed by atoms with Gasteiger partial charge in [0.25, 0.3) is 0 Å². The Morgan fingerprint density at radius 2 is 1.92 bits per heavy atom. The van der Waals surface area contributed by atoms with Gasteiger partial charge in [0.2, 0.25) is 0 Å². The molecule has 0 aliphatic carbocycles. The van der Waals surface area contributed by atoms with Gasteiger partial charge in [-0.15, -0.1) is 0 Å². The molecule has 0 radical (unpaired) electrons. The zero-order valence-electron chi connectivity index (χ0n) is 8.67. The minimum Gasteiger partial charge on any atom is -0.396 e. The summed E-state index contributed by atoms with van der Waals surface area (Å²) >= 11 is 0. The van der Waals surface area contributed by atoms with Gasteiger partial charge in [0.15, 0.2) is 0 Å². The summed E-state index contributed by atoms with van der Waals surface area (Å²) in [6.07, 6.45) is 0.754. The first kappa shape index (κ1) is 10.3. The maximum Gasteiger partial charge on any atom is 0.0471 e. The summed E-state index contributed by atoms with van der Waals surface area (Å²) in [7, 11) is 0. The van der Waals surface area contributed by atoms with Crippen molar-refractivity contribution in [2.24, 2.45) is 0 Å². The van der Waals surface area contributed by atoms with Crippen molar-refractivity contribution in [1.29, 1.82) is 0 Å². The standard InChI is InChI=1S/C12H18O/c1-12(2,3)11-6-4-5-10(9-11)7-8-13/h4-6,9,13H,7-8H2,1-3H3. The van der Waals surface area contributed by atoms with Gasteiger partial charge in [-0.3, -0.25) is 0 Å². The summed E-state index contributed by atoms with van der Waals surface area (Å²) in [6, 6.07) is 8.44. The quantitative estimate of drug-likeness (QED) is 0.737. The molecular weight excluding hydrogens is 160 g/mol. The molecule has 0 aromatic heterocycles. The lowest BCUT2D eigenvalue weighted by Gasteiger charge is -2.19. The first-order chi connectivity index (χ1) is 6.04. The lowest BCUT2D eigenvalue weighted by molar-refractivity contribution is 0.299. The van der Waals surface area contributed by atoms with E-state index in [1.165, 1.54) is 11.1 Å². The molecule has 72 valence electrons. The van der Waals surface area contributed by atoms with Crippen LogP contribution in [0.4, 0.5) is 0 Å². The zero-order valence-corrected chi connectivity index (χ0v) is 8.67. The maximum atomic E-state index is 8.81. The fraction of sp³-hybridized carbons (Fsp3) is 0.500. The summed E-state index contributed by atoms with van der Waals surface area (Å²) in [4.78, 5) is 0. The van der Waals surface area contributed by atoms with E-state index in [4.69, 9.17) is 5.11 Å². The Balaban J connectivity index is 2.92. The van der Waals surface area contributed by atoms with E-state index >= 15 is 0 Å². The number of benzene rings is 1. The molecule has 1 heteroatoms. The summed E-state index contributed by atoms with van der Waals surface area (Å²) in [5.74, 6) is 0. The minimum absolute atomic E-state index is 0.200. The monoisotopic (exact) mass is 178 g/mol. The predicted octanol–water partition coefficient (Wildman–Crippen LogP) is 2.52. The van der Waals surface area contributed by atoms with E-state index in [1.54, 1.807) is 0 Å². The Bertz CT molecular complexity index is 271. The third-order valence-corrected chi connectivity index (χ3v) is 2.19. The Kier molecular flexibility index (Phi) is 3.10. The van der Waals surface area contributed by atoms with Crippen molar-refractivity contribution in [2.45, 2.75) is 32.6 Å². The van der Waals surface area contributed by atoms with Crippen molar-refractivity contribution in [2.75, 3.05) is 6.61 Å². The second kappa shape index (κ2) is 3.93. The van der Waals surface area contributed by atoms with Crippen molar-refractivity contribution in [1.82, 2.24) is 0 Å². The molecule has 0 saturated heterocycles. The van der Waals surface area contributed by atoms with Crippen LogP contribution in [0, 0.1) is 0 Å². The van der Waals surface area contributed by atoms with Crippen molar-refractivity contribution in [3.63, 3.8) is 0 Å². The highest BCUT2D eigenvalue weighted by atomic mass is 16.2. The Hall–Kier alpha value is -0.820. The van der Waals surface area contributed by atoms with Crippen LogP contribution < -0.4 is 0 Å². The number of aliphatic hydroxyl groups is 1. The molecule has 0 atom stereocenters. The Labute approximate surface area is 80.4 Å². The van der Waals surface area contributed by atoms with Crippen LogP contribution in [0.2, 0.25) is 0 Å². The Morgan fingerprint density at radius 1 is 1.23 bits per heavy atom. The molecule has 0 spiro atoms. The van der Waals surface area contributed by atoms with Gasteiger partial charge in [0, 0.05) is 6.61 Å². The number of aliphatic hydroxyl groups excluding tert-OH is 1. The zero-order chi connectivity index (χ0) is 9.90. The van der Waals surface area contributed by atoms with E-state index in [0.717, 1.165) is 6.42 Å². The van der Waals surface area contributed by atoms with Crippen molar-refractivity contribution < 1.29 is 5.11 Å². The lowest BCUT2D eigenvalue weighted by atomic mass is 9.86. The van der Waals surface area contributed by atoms with E-state index < -0.39 is 0 Å². The first-order valence-electron chi connectivity index (χ1n) is 4.74. The molecule has 1 N–H and O–H groups in total. The molecule has 13 heavy (non-hydrogen) atoms. The van der Waals surface area contributed by atoms with E-state index in [0.29, 0.717) is 0 Å². The molecule has 1 nitrogen and oxygen atoms in total. The van der Waals surface area contributed by atoms with Crippen molar-refractivity contribution in [3.05, 3.63) is 35.4 Å². The van der Waals surface area contributed by atoms with Crippen LogP contribution in [0.1, 0.15) is 31.9 Å². The summed E-state index contributed by atoms with van der Waals surface area (Å²) < 4.78 is 0. The van der Waals surface area contributed by atoms with Crippen LogP contribution >= 0.6 is 0 Å². The number of hydrogen-bond acceptors (Lipinski definition) is 1. The van der Waals surface area contributed by atoms with Gasteiger partial charge >= 0.3 is 0 Å². The average Bonchev–Trinajstić information content (AvgIpc) is 2.04. The second-order valence-corrected chi connectivity index (χ2v) is 4.42. The number of hydrogen-bond donors (Lipinski definition) is 1. The van der Waals surface area contributed by atoms with Crippen LogP contribution in [0.3, 0.4) is 0 Å². The number of rotatable bonds is 2. The summed E-state index contributed by atoms with van der Waals surface area (Å²) in [5, 5.41) is 8.81. The van der Waals surface area contributed by atoms with Crippen molar-refractivity contribution in [3.8, 4) is 0 Å². The molecule has 0 bridgehead atoms. The van der Waals surface area contributed by atoms with Crippen LogP contribution in [0.5, 0.6) is 0 Å². The van der Waals surface area contributed by atoms with Gasteiger partial charge in [-0.25, -0.2) is 0 Å². The smallest absolute Gasteiger partial charge is 0.0471 e. The molecule has 0 aliphatic heterocycles. The summed E-state index contributed by atoms with van der Waals surface area (Å²) in [5.41, 5.74) is 2.75. The van der Waals surface area contributed by atoms with E-state index in [9.17, 15) is 0 Å². The predicted molar refractivity (Wildman–Crippen MR) is 55.9 cm³/mol. The van der Waals surface area contributed by atoms with E-state index in [-0.39, 0.29) is 12.0 Å². The van der Waals surface area contributed by atoms with Crippen LogP contribution in [0.15, 0.2) is 24.3 Å². The van der Waals surface area contributed by atoms with Crippen LogP contribution in [-0.2, 0) is 11.8 Å². The lowest BCUT2D eigenvalue weighted by Crippen LogP contribution is -2.11. The largest absolute Gasteiger partial charge is 0.396 e. The molecule has 0 heterocycles. The Morgan fingerprint density at radius 3 is 2.46 bits per heavy atom. The van der Waals surface area contributed by atoms with Crippen LogP contribution in [0.25, 0.3) is 0 Å². The molecule has 0 aliphatic rings.